The maximum absolute atomic E-state index is 9.66. The van der Waals surface area contributed by atoms with Gasteiger partial charge >= 0.3 is 0 Å². The number of phenolic OH excluding ortho intramolecular Hbond substituents is 1. The van der Waals surface area contributed by atoms with Gasteiger partial charge in [0.05, 0.1) is 12.0 Å². The summed E-state index contributed by atoms with van der Waals surface area (Å²) in [7, 11) is 0. The van der Waals surface area contributed by atoms with Crippen LogP contribution in [0.1, 0.15) is 50.5 Å². The van der Waals surface area contributed by atoms with Crippen LogP contribution in [0.5, 0.6) is 5.75 Å². The van der Waals surface area contributed by atoms with Crippen LogP contribution in [0.4, 0.5) is 0 Å². The van der Waals surface area contributed by atoms with Crippen molar-refractivity contribution in [3.8, 4) is 11.8 Å². The standard InChI is InChI=1S/C14H19NO/c1-2-3-4-5-8-12(11-15)13-9-6-7-10-14(13)16/h6-7,9-10,12,16H,2-5,8H2,1H3. The van der Waals surface area contributed by atoms with E-state index in [-0.39, 0.29) is 11.7 Å². The Balaban J connectivity index is 2.55. The van der Waals surface area contributed by atoms with Gasteiger partial charge in [-0.1, -0.05) is 50.8 Å². The van der Waals surface area contributed by atoms with Crippen LogP contribution in [0.3, 0.4) is 0 Å². The number of nitriles is 1. The molecule has 86 valence electrons. The van der Waals surface area contributed by atoms with Crippen LogP contribution in [0.2, 0.25) is 0 Å². The fourth-order valence-electron chi connectivity index (χ4n) is 1.85. The highest BCUT2D eigenvalue weighted by molar-refractivity contribution is 5.37. The van der Waals surface area contributed by atoms with Crippen molar-refractivity contribution in [3.05, 3.63) is 29.8 Å². The third kappa shape index (κ3) is 3.58. The smallest absolute Gasteiger partial charge is 0.120 e. The number of unbranched alkanes of at least 4 members (excludes halogenated alkanes) is 3. The number of nitrogens with zero attached hydrogens (tertiary/aromatic N) is 1. The van der Waals surface area contributed by atoms with E-state index in [1.165, 1.54) is 19.3 Å². The lowest BCUT2D eigenvalue weighted by atomic mass is 9.93. The molecular formula is C14H19NO. The molecule has 1 unspecified atom stereocenters. The molecule has 1 atom stereocenters. The topological polar surface area (TPSA) is 44.0 Å². The minimum Gasteiger partial charge on any atom is -0.508 e. The van der Waals surface area contributed by atoms with E-state index in [0.29, 0.717) is 0 Å². The van der Waals surface area contributed by atoms with E-state index >= 15 is 0 Å². The summed E-state index contributed by atoms with van der Waals surface area (Å²) in [6.07, 6.45) is 5.49. The molecule has 2 heteroatoms. The fourth-order valence-corrected chi connectivity index (χ4v) is 1.85. The third-order valence-electron chi connectivity index (χ3n) is 2.81. The molecule has 0 fully saturated rings. The molecule has 0 saturated heterocycles. The zero-order valence-electron chi connectivity index (χ0n) is 9.82. The summed E-state index contributed by atoms with van der Waals surface area (Å²) in [4.78, 5) is 0. The third-order valence-corrected chi connectivity index (χ3v) is 2.81. The van der Waals surface area contributed by atoms with E-state index in [4.69, 9.17) is 5.26 Å². The summed E-state index contributed by atoms with van der Waals surface area (Å²) in [6.45, 7) is 2.17. The largest absolute Gasteiger partial charge is 0.508 e. The van der Waals surface area contributed by atoms with Gasteiger partial charge in [0.2, 0.25) is 0 Å². The van der Waals surface area contributed by atoms with Crippen LogP contribution in [-0.2, 0) is 0 Å². The van der Waals surface area contributed by atoms with Crippen LogP contribution in [0, 0.1) is 11.3 Å². The molecule has 0 heterocycles. The summed E-state index contributed by atoms with van der Waals surface area (Å²) in [5.41, 5.74) is 0.765. The minimum absolute atomic E-state index is 0.168. The molecule has 0 saturated carbocycles. The van der Waals surface area contributed by atoms with E-state index in [0.717, 1.165) is 18.4 Å². The summed E-state index contributed by atoms with van der Waals surface area (Å²) >= 11 is 0. The number of para-hydroxylation sites is 1. The van der Waals surface area contributed by atoms with E-state index in [9.17, 15) is 5.11 Å². The number of hydrogen-bond acceptors (Lipinski definition) is 2. The molecule has 2 nitrogen and oxygen atoms in total. The first-order valence-corrected chi connectivity index (χ1v) is 5.97. The average Bonchev–Trinajstić information content (AvgIpc) is 2.31. The molecule has 1 N–H and O–H groups in total. The first-order valence-electron chi connectivity index (χ1n) is 5.97. The van der Waals surface area contributed by atoms with E-state index in [1.807, 2.05) is 12.1 Å². The van der Waals surface area contributed by atoms with Gasteiger partial charge < -0.3 is 5.11 Å². The van der Waals surface area contributed by atoms with Crippen molar-refractivity contribution in [1.29, 1.82) is 5.26 Å². The van der Waals surface area contributed by atoms with Crippen LogP contribution >= 0.6 is 0 Å². The molecule has 0 spiro atoms. The number of hydrogen-bond donors (Lipinski definition) is 1. The molecule has 0 aliphatic rings. The highest BCUT2D eigenvalue weighted by atomic mass is 16.3. The first kappa shape index (κ1) is 12.6. The number of phenols is 1. The van der Waals surface area contributed by atoms with Gasteiger partial charge in [0, 0.05) is 5.56 Å². The van der Waals surface area contributed by atoms with Crippen LogP contribution in [0.25, 0.3) is 0 Å². The minimum atomic E-state index is -0.168. The Labute approximate surface area is 97.5 Å². The fraction of sp³-hybridized carbons (Fsp3) is 0.500. The molecule has 0 aromatic heterocycles. The SMILES string of the molecule is CCCCCCC(C#N)c1ccccc1O. The monoisotopic (exact) mass is 217 g/mol. The van der Waals surface area contributed by atoms with Crippen molar-refractivity contribution in [2.45, 2.75) is 44.9 Å². The molecule has 0 aliphatic heterocycles. The molecule has 1 aromatic rings. The van der Waals surface area contributed by atoms with Gasteiger partial charge in [0.1, 0.15) is 5.75 Å². The molecule has 0 aliphatic carbocycles. The van der Waals surface area contributed by atoms with Gasteiger partial charge in [-0.05, 0) is 12.5 Å². The van der Waals surface area contributed by atoms with Crippen molar-refractivity contribution in [2.75, 3.05) is 0 Å². The van der Waals surface area contributed by atoms with Crippen LogP contribution < -0.4 is 0 Å². The van der Waals surface area contributed by atoms with Crippen LogP contribution in [0.15, 0.2) is 24.3 Å². The summed E-state index contributed by atoms with van der Waals surface area (Å²) in [6, 6.07) is 9.41. The highest BCUT2D eigenvalue weighted by Gasteiger charge is 2.13. The van der Waals surface area contributed by atoms with Gasteiger partial charge in [0.15, 0.2) is 0 Å². The molecule has 1 rings (SSSR count). The van der Waals surface area contributed by atoms with Crippen molar-refractivity contribution < 1.29 is 5.11 Å². The molecule has 1 aromatic carbocycles. The normalized spacial score (nSPS) is 12.0. The predicted octanol–water partition coefficient (Wildman–Crippen LogP) is 3.97. The maximum Gasteiger partial charge on any atom is 0.120 e. The zero-order chi connectivity index (χ0) is 11.8. The second kappa shape index (κ2) is 6.90. The Hall–Kier alpha value is -1.49. The van der Waals surface area contributed by atoms with Gasteiger partial charge in [0.25, 0.3) is 0 Å². The lowest BCUT2D eigenvalue weighted by molar-refractivity contribution is 0.462. The molecule has 0 amide bonds. The molecular weight excluding hydrogens is 198 g/mol. The Morgan fingerprint density at radius 1 is 1.25 bits per heavy atom. The first-order chi connectivity index (χ1) is 7.79. The van der Waals surface area contributed by atoms with E-state index < -0.39 is 0 Å². The Morgan fingerprint density at radius 3 is 2.62 bits per heavy atom. The molecule has 0 bridgehead atoms. The van der Waals surface area contributed by atoms with Crippen molar-refractivity contribution in [1.82, 2.24) is 0 Å². The summed E-state index contributed by atoms with van der Waals surface area (Å²) in [5, 5.41) is 18.8. The lowest BCUT2D eigenvalue weighted by Gasteiger charge is -2.10. The lowest BCUT2D eigenvalue weighted by Crippen LogP contribution is -1.96. The average molecular weight is 217 g/mol. The van der Waals surface area contributed by atoms with Gasteiger partial charge in [-0.15, -0.1) is 0 Å². The highest BCUT2D eigenvalue weighted by Crippen LogP contribution is 2.28. The maximum atomic E-state index is 9.66. The second-order valence-electron chi connectivity index (χ2n) is 4.09. The van der Waals surface area contributed by atoms with E-state index in [2.05, 4.69) is 13.0 Å². The number of benzene rings is 1. The Kier molecular flexibility index (Phi) is 5.42. The molecule has 16 heavy (non-hydrogen) atoms. The summed E-state index contributed by atoms with van der Waals surface area (Å²) in [5.74, 6) is 0.0718. The molecule has 0 radical (unpaired) electrons. The van der Waals surface area contributed by atoms with Crippen molar-refractivity contribution in [3.63, 3.8) is 0 Å². The quantitative estimate of drug-likeness (QED) is 0.733. The second-order valence-corrected chi connectivity index (χ2v) is 4.09. The number of aromatic hydroxyl groups is 1. The Morgan fingerprint density at radius 2 is 2.00 bits per heavy atom. The van der Waals surface area contributed by atoms with Crippen molar-refractivity contribution in [2.24, 2.45) is 0 Å². The van der Waals surface area contributed by atoms with Gasteiger partial charge in [-0.25, -0.2) is 0 Å². The Bertz CT molecular complexity index is 354. The zero-order valence-corrected chi connectivity index (χ0v) is 9.82. The number of rotatable bonds is 6. The van der Waals surface area contributed by atoms with Gasteiger partial charge in [-0.3, -0.25) is 0 Å². The van der Waals surface area contributed by atoms with Gasteiger partial charge in [-0.2, -0.15) is 5.26 Å². The van der Waals surface area contributed by atoms with E-state index in [1.54, 1.807) is 12.1 Å². The van der Waals surface area contributed by atoms with Crippen molar-refractivity contribution >= 4 is 0 Å². The van der Waals surface area contributed by atoms with Crippen LogP contribution in [-0.4, -0.2) is 5.11 Å². The summed E-state index contributed by atoms with van der Waals surface area (Å²) < 4.78 is 0. The predicted molar refractivity (Wildman–Crippen MR) is 65.2 cm³/mol.